The van der Waals surface area contributed by atoms with E-state index in [4.69, 9.17) is 9.57 Å². The molecule has 0 rings (SSSR count). The van der Waals surface area contributed by atoms with Crippen LogP contribution in [0.1, 0.15) is 13.8 Å². The summed E-state index contributed by atoms with van der Waals surface area (Å²) in [5, 5.41) is 0. The predicted octanol–water partition coefficient (Wildman–Crippen LogP) is 0.562. The van der Waals surface area contributed by atoms with E-state index in [-0.39, 0.29) is 6.04 Å². The molecule has 3 nitrogen and oxygen atoms in total. The molecule has 0 bridgehead atoms. The Kier molecular flexibility index (Phi) is 5.93. The van der Waals surface area contributed by atoms with Crippen LogP contribution in [0.4, 0.5) is 0 Å². The van der Waals surface area contributed by atoms with Crippen LogP contribution in [0.3, 0.4) is 0 Å². The molecule has 56 valence electrons. The summed E-state index contributed by atoms with van der Waals surface area (Å²) in [5.41, 5.74) is 2.81. The quantitative estimate of drug-likeness (QED) is 0.556. The van der Waals surface area contributed by atoms with Crippen LogP contribution in [0.25, 0.3) is 0 Å². The molecular weight excluding hydrogens is 118 g/mol. The minimum atomic E-state index is 0.273. The minimum absolute atomic E-state index is 0.273. The largest absolute Gasteiger partial charge is 0.383 e. The van der Waals surface area contributed by atoms with Crippen LogP contribution >= 0.6 is 0 Å². The molecule has 1 atom stereocenters. The molecule has 0 aliphatic heterocycles. The van der Waals surface area contributed by atoms with Gasteiger partial charge >= 0.3 is 0 Å². The Hall–Kier alpha value is -0.120. The summed E-state index contributed by atoms with van der Waals surface area (Å²) in [6, 6.07) is 0.273. The molecule has 0 heterocycles. The first kappa shape index (κ1) is 8.88. The molecule has 0 saturated heterocycles. The van der Waals surface area contributed by atoms with Crippen molar-refractivity contribution in [3.05, 3.63) is 0 Å². The van der Waals surface area contributed by atoms with Crippen molar-refractivity contribution in [2.24, 2.45) is 0 Å². The van der Waals surface area contributed by atoms with Gasteiger partial charge in [-0.1, -0.05) is 0 Å². The van der Waals surface area contributed by atoms with Crippen molar-refractivity contribution in [1.82, 2.24) is 5.48 Å². The van der Waals surface area contributed by atoms with Crippen LogP contribution in [-0.4, -0.2) is 26.4 Å². The van der Waals surface area contributed by atoms with Crippen LogP contribution in [0.15, 0.2) is 0 Å². The molecule has 0 radical (unpaired) electrons. The van der Waals surface area contributed by atoms with Crippen molar-refractivity contribution in [2.45, 2.75) is 19.9 Å². The number of ether oxygens (including phenoxy) is 1. The molecule has 0 fully saturated rings. The number of methoxy groups -OCH3 is 1. The Labute approximate surface area is 56.3 Å². The minimum Gasteiger partial charge on any atom is -0.383 e. The fourth-order valence-corrected chi connectivity index (χ4v) is 0.510. The van der Waals surface area contributed by atoms with E-state index in [1.165, 1.54) is 0 Å². The van der Waals surface area contributed by atoms with Crippen molar-refractivity contribution >= 4 is 0 Å². The molecule has 0 aromatic carbocycles. The zero-order chi connectivity index (χ0) is 7.11. The van der Waals surface area contributed by atoms with Gasteiger partial charge in [-0.3, -0.25) is 0 Å². The van der Waals surface area contributed by atoms with Crippen molar-refractivity contribution in [2.75, 3.05) is 20.3 Å². The molecular formula is C6H15NO2. The van der Waals surface area contributed by atoms with Gasteiger partial charge in [0.15, 0.2) is 0 Å². The van der Waals surface area contributed by atoms with Crippen LogP contribution in [0.5, 0.6) is 0 Å². The first-order valence-corrected chi connectivity index (χ1v) is 3.17. The van der Waals surface area contributed by atoms with Gasteiger partial charge in [0.2, 0.25) is 0 Å². The lowest BCUT2D eigenvalue weighted by molar-refractivity contribution is 0.00743. The van der Waals surface area contributed by atoms with Gasteiger partial charge in [0, 0.05) is 7.11 Å². The van der Waals surface area contributed by atoms with E-state index in [0.717, 1.165) is 0 Å². The summed E-state index contributed by atoms with van der Waals surface area (Å²) in [6.07, 6.45) is 0. The van der Waals surface area contributed by atoms with E-state index in [9.17, 15) is 0 Å². The summed E-state index contributed by atoms with van der Waals surface area (Å²) in [6.45, 7) is 5.31. The van der Waals surface area contributed by atoms with Crippen molar-refractivity contribution < 1.29 is 9.57 Å². The molecule has 0 aliphatic rings. The second-order valence-electron chi connectivity index (χ2n) is 1.91. The zero-order valence-corrected chi connectivity index (χ0v) is 6.31. The van der Waals surface area contributed by atoms with Crippen LogP contribution in [0.2, 0.25) is 0 Å². The molecule has 1 unspecified atom stereocenters. The first-order chi connectivity index (χ1) is 4.31. The van der Waals surface area contributed by atoms with Crippen LogP contribution in [0, 0.1) is 0 Å². The fourth-order valence-electron chi connectivity index (χ4n) is 0.510. The fraction of sp³-hybridized carbons (Fsp3) is 1.00. The molecule has 0 aromatic heterocycles. The summed E-state index contributed by atoms with van der Waals surface area (Å²) < 4.78 is 4.86. The topological polar surface area (TPSA) is 30.5 Å². The van der Waals surface area contributed by atoms with Gasteiger partial charge in [-0.25, -0.2) is 0 Å². The van der Waals surface area contributed by atoms with Gasteiger partial charge in [0.05, 0.1) is 19.3 Å². The van der Waals surface area contributed by atoms with Crippen molar-refractivity contribution in [3.63, 3.8) is 0 Å². The number of hydrogen-bond acceptors (Lipinski definition) is 3. The van der Waals surface area contributed by atoms with Gasteiger partial charge < -0.3 is 9.57 Å². The molecule has 9 heavy (non-hydrogen) atoms. The van der Waals surface area contributed by atoms with E-state index in [1.54, 1.807) is 7.11 Å². The first-order valence-electron chi connectivity index (χ1n) is 3.17. The van der Waals surface area contributed by atoms with E-state index < -0.39 is 0 Å². The molecule has 0 spiro atoms. The van der Waals surface area contributed by atoms with Gasteiger partial charge in [-0.2, -0.15) is 5.48 Å². The molecule has 0 aromatic rings. The summed E-state index contributed by atoms with van der Waals surface area (Å²) in [4.78, 5) is 4.92. The smallest absolute Gasteiger partial charge is 0.0654 e. The van der Waals surface area contributed by atoms with E-state index in [0.29, 0.717) is 13.2 Å². The highest BCUT2D eigenvalue weighted by Gasteiger charge is 1.96. The SMILES string of the molecule is CCONC(C)COC. The normalized spacial score (nSPS) is 13.7. The highest BCUT2D eigenvalue weighted by Crippen LogP contribution is 1.80. The molecule has 3 heteroatoms. The van der Waals surface area contributed by atoms with E-state index in [1.807, 2.05) is 13.8 Å². The zero-order valence-electron chi connectivity index (χ0n) is 6.31. The number of rotatable bonds is 5. The Balaban J connectivity index is 2.95. The lowest BCUT2D eigenvalue weighted by Gasteiger charge is -2.10. The van der Waals surface area contributed by atoms with Crippen molar-refractivity contribution in [1.29, 1.82) is 0 Å². The Morgan fingerprint density at radius 2 is 2.22 bits per heavy atom. The maximum absolute atomic E-state index is 4.92. The van der Waals surface area contributed by atoms with Gasteiger partial charge in [-0.15, -0.1) is 0 Å². The Bertz CT molecular complexity index is 59.0. The van der Waals surface area contributed by atoms with Gasteiger partial charge in [0.1, 0.15) is 0 Å². The second kappa shape index (κ2) is 6.01. The maximum atomic E-state index is 4.92. The van der Waals surface area contributed by atoms with E-state index >= 15 is 0 Å². The third-order valence-corrected chi connectivity index (χ3v) is 0.846. The molecule has 0 amide bonds. The predicted molar refractivity (Wildman–Crippen MR) is 36.1 cm³/mol. The van der Waals surface area contributed by atoms with Crippen LogP contribution in [-0.2, 0) is 9.57 Å². The molecule has 0 aliphatic carbocycles. The highest BCUT2D eigenvalue weighted by molar-refractivity contribution is 4.49. The lowest BCUT2D eigenvalue weighted by Crippen LogP contribution is -2.30. The highest BCUT2D eigenvalue weighted by atomic mass is 16.6. The average molecular weight is 133 g/mol. The number of hydrogen-bond donors (Lipinski definition) is 1. The molecule has 1 N–H and O–H groups in total. The summed E-state index contributed by atoms with van der Waals surface area (Å²) >= 11 is 0. The third-order valence-electron chi connectivity index (χ3n) is 0.846. The monoisotopic (exact) mass is 133 g/mol. The van der Waals surface area contributed by atoms with Crippen molar-refractivity contribution in [3.8, 4) is 0 Å². The number of nitrogens with one attached hydrogen (secondary N) is 1. The molecule has 0 saturated carbocycles. The lowest BCUT2D eigenvalue weighted by atomic mass is 10.4. The summed E-state index contributed by atoms with van der Waals surface area (Å²) in [7, 11) is 1.67. The Morgan fingerprint density at radius 1 is 1.56 bits per heavy atom. The van der Waals surface area contributed by atoms with Gasteiger partial charge in [0.25, 0.3) is 0 Å². The average Bonchev–Trinajstić information content (AvgIpc) is 1.85. The Morgan fingerprint density at radius 3 is 2.67 bits per heavy atom. The summed E-state index contributed by atoms with van der Waals surface area (Å²) in [5.74, 6) is 0. The maximum Gasteiger partial charge on any atom is 0.0654 e. The standard InChI is InChI=1S/C6H15NO2/c1-4-9-7-6(2)5-8-3/h6-7H,4-5H2,1-3H3. The van der Waals surface area contributed by atoms with Gasteiger partial charge in [-0.05, 0) is 13.8 Å². The number of hydroxylamine groups is 1. The third kappa shape index (κ3) is 5.76. The second-order valence-corrected chi connectivity index (χ2v) is 1.91. The van der Waals surface area contributed by atoms with E-state index in [2.05, 4.69) is 5.48 Å². The van der Waals surface area contributed by atoms with Crippen LogP contribution < -0.4 is 5.48 Å².